The maximum atomic E-state index is 12.6. The number of nitrogens with two attached hydrogens (primary N) is 1. The summed E-state index contributed by atoms with van der Waals surface area (Å²) in [6.07, 6.45) is 0.161. The van der Waals surface area contributed by atoms with E-state index in [-0.39, 0.29) is 6.42 Å². The average molecular weight is 198 g/mol. The van der Waals surface area contributed by atoms with Crippen molar-refractivity contribution in [3.8, 4) is 0 Å². The van der Waals surface area contributed by atoms with Crippen LogP contribution in [0.2, 0.25) is 0 Å². The molecule has 0 bridgehead atoms. The van der Waals surface area contributed by atoms with Crippen molar-refractivity contribution in [1.82, 2.24) is 4.98 Å². The van der Waals surface area contributed by atoms with E-state index >= 15 is 0 Å². The molecule has 0 aliphatic rings. The molecule has 0 saturated carbocycles. The minimum atomic E-state index is -1.08. The molecule has 0 amide bonds. The molecule has 4 nitrogen and oxygen atoms in total. The third-order valence-electron chi connectivity index (χ3n) is 1.92. The third-order valence-corrected chi connectivity index (χ3v) is 1.92. The summed E-state index contributed by atoms with van der Waals surface area (Å²) in [5.74, 6) is -1.65. The summed E-state index contributed by atoms with van der Waals surface area (Å²) in [5, 5.41) is 8.57. The monoisotopic (exact) mass is 198 g/mol. The van der Waals surface area contributed by atoms with E-state index in [0.29, 0.717) is 11.3 Å². The van der Waals surface area contributed by atoms with Crippen LogP contribution in [-0.2, 0) is 11.2 Å². The van der Waals surface area contributed by atoms with Gasteiger partial charge in [-0.1, -0.05) is 6.07 Å². The molecule has 14 heavy (non-hydrogen) atoms. The summed E-state index contributed by atoms with van der Waals surface area (Å²) in [6, 6.07) is 1.72. The number of rotatable bonds is 3. The molecule has 1 heterocycles. The van der Waals surface area contributed by atoms with Crippen molar-refractivity contribution in [3.05, 3.63) is 29.3 Å². The highest BCUT2D eigenvalue weighted by molar-refractivity contribution is 5.73. The first-order valence-corrected chi connectivity index (χ1v) is 4.11. The number of hydrogen-bond donors (Lipinski definition) is 2. The number of hydrogen-bond acceptors (Lipinski definition) is 3. The van der Waals surface area contributed by atoms with Crippen molar-refractivity contribution in [2.24, 2.45) is 5.73 Å². The van der Waals surface area contributed by atoms with Crippen LogP contribution in [0, 0.1) is 12.9 Å². The summed E-state index contributed by atoms with van der Waals surface area (Å²) in [4.78, 5) is 14.0. The quantitative estimate of drug-likeness (QED) is 0.693. The van der Waals surface area contributed by atoms with Gasteiger partial charge in [0.1, 0.15) is 6.04 Å². The second-order valence-electron chi connectivity index (χ2n) is 3.03. The molecule has 0 aliphatic heterocycles. The topological polar surface area (TPSA) is 76.2 Å². The van der Waals surface area contributed by atoms with Crippen molar-refractivity contribution in [2.45, 2.75) is 19.4 Å². The predicted molar refractivity (Wildman–Crippen MR) is 48.2 cm³/mol. The van der Waals surface area contributed by atoms with Gasteiger partial charge in [-0.2, -0.15) is 4.39 Å². The maximum absolute atomic E-state index is 12.6. The van der Waals surface area contributed by atoms with Crippen LogP contribution in [-0.4, -0.2) is 22.1 Å². The molecule has 0 spiro atoms. The number of aromatic nitrogens is 1. The van der Waals surface area contributed by atoms with Crippen molar-refractivity contribution < 1.29 is 14.3 Å². The zero-order valence-corrected chi connectivity index (χ0v) is 7.70. The molecule has 1 rings (SSSR count). The number of nitrogens with zero attached hydrogens (tertiary/aromatic N) is 1. The number of halogens is 1. The van der Waals surface area contributed by atoms with Gasteiger partial charge in [0.2, 0.25) is 5.95 Å². The average Bonchev–Trinajstić information content (AvgIpc) is 2.09. The van der Waals surface area contributed by atoms with E-state index in [1.165, 1.54) is 12.1 Å². The van der Waals surface area contributed by atoms with E-state index in [1.807, 2.05) is 0 Å². The van der Waals surface area contributed by atoms with Crippen LogP contribution in [0.25, 0.3) is 0 Å². The first-order chi connectivity index (χ1) is 6.50. The summed E-state index contributed by atoms with van der Waals surface area (Å²) < 4.78 is 12.6. The molecular weight excluding hydrogens is 187 g/mol. The van der Waals surface area contributed by atoms with Gasteiger partial charge in [0.05, 0.1) is 0 Å². The Morgan fingerprint density at radius 1 is 1.71 bits per heavy atom. The Balaban J connectivity index is 2.82. The van der Waals surface area contributed by atoms with E-state index < -0.39 is 18.0 Å². The molecule has 3 N–H and O–H groups in total. The van der Waals surface area contributed by atoms with Crippen molar-refractivity contribution in [3.63, 3.8) is 0 Å². The Morgan fingerprint density at radius 3 is 2.86 bits per heavy atom. The fourth-order valence-electron chi connectivity index (χ4n) is 1.10. The fraction of sp³-hybridized carbons (Fsp3) is 0.333. The third kappa shape index (κ3) is 2.50. The lowest BCUT2D eigenvalue weighted by Crippen LogP contribution is -2.32. The van der Waals surface area contributed by atoms with Gasteiger partial charge >= 0.3 is 5.97 Å². The van der Waals surface area contributed by atoms with E-state index in [0.717, 1.165) is 0 Å². The summed E-state index contributed by atoms with van der Waals surface area (Å²) in [7, 11) is 0. The van der Waals surface area contributed by atoms with Crippen LogP contribution >= 0.6 is 0 Å². The predicted octanol–water partition coefficient (Wildman–Crippen LogP) is 0.484. The van der Waals surface area contributed by atoms with Gasteiger partial charge in [-0.05, 0) is 18.6 Å². The fourth-order valence-corrected chi connectivity index (χ4v) is 1.10. The molecule has 0 saturated heterocycles. The normalized spacial score (nSPS) is 12.5. The number of pyridine rings is 1. The van der Waals surface area contributed by atoms with Crippen LogP contribution < -0.4 is 5.73 Å². The number of carbonyl (C=O) groups is 1. The van der Waals surface area contributed by atoms with Gasteiger partial charge in [-0.25, -0.2) is 4.98 Å². The zero-order valence-electron chi connectivity index (χ0n) is 7.70. The van der Waals surface area contributed by atoms with Gasteiger partial charge in [0.25, 0.3) is 0 Å². The first kappa shape index (κ1) is 10.6. The van der Waals surface area contributed by atoms with Gasteiger partial charge in [-0.15, -0.1) is 0 Å². The highest BCUT2D eigenvalue weighted by Crippen LogP contribution is 2.08. The molecule has 5 heteroatoms. The van der Waals surface area contributed by atoms with Gasteiger partial charge in [0.15, 0.2) is 0 Å². The summed E-state index contributed by atoms with van der Waals surface area (Å²) in [5.41, 5.74) is 6.46. The molecule has 76 valence electrons. The van der Waals surface area contributed by atoms with E-state index in [1.54, 1.807) is 6.92 Å². The first-order valence-electron chi connectivity index (χ1n) is 4.11. The van der Waals surface area contributed by atoms with E-state index in [4.69, 9.17) is 10.8 Å². The molecule has 1 aromatic heterocycles. The Hall–Kier alpha value is -1.49. The molecular formula is C9H11FN2O2. The second kappa shape index (κ2) is 4.15. The Morgan fingerprint density at radius 2 is 2.36 bits per heavy atom. The smallest absolute Gasteiger partial charge is 0.320 e. The maximum Gasteiger partial charge on any atom is 0.320 e. The standard InChI is InChI=1S/C9H11FN2O2/c1-5-6(2-3-8(10)12-5)4-7(11)9(13)14/h2-3,7H,4,11H2,1H3,(H,13,14). The van der Waals surface area contributed by atoms with Gasteiger partial charge in [-0.3, -0.25) is 4.79 Å². The lowest BCUT2D eigenvalue weighted by atomic mass is 10.1. The SMILES string of the molecule is Cc1nc(F)ccc1CC(N)C(=O)O. The lowest BCUT2D eigenvalue weighted by molar-refractivity contribution is -0.138. The lowest BCUT2D eigenvalue weighted by Gasteiger charge is -2.08. The molecule has 1 atom stereocenters. The van der Waals surface area contributed by atoms with Crippen LogP contribution in [0.4, 0.5) is 4.39 Å². The van der Waals surface area contributed by atoms with Crippen LogP contribution in [0.1, 0.15) is 11.3 Å². The van der Waals surface area contributed by atoms with Crippen molar-refractivity contribution in [2.75, 3.05) is 0 Å². The largest absolute Gasteiger partial charge is 0.480 e. The second-order valence-corrected chi connectivity index (χ2v) is 3.03. The highest BCUT2D eigenvalue weighted by Gasteiger charge is 2.13. The van der Waals surface area contributed by atoms with Crippen LogP contribution in [0.5, 0.6) is 0 Å². The number of aliphatic carboxylic acids is 1. The minimum absolute atomic E-state index is 0.161. The van der Waals surface area contributed by atoms with Crippen LogP contribution in [0.3, 0.4) is 0 Å². The minimum Gasteiger partial charge on any atom is -0.480 e. The Bertz CT molecular complexity index is 355. The van der Waals surface area contributed by atoms with Gasteiger partial charge in [0, 0.05) is 12.1 Å². The molecule has 0 aromatic carbocycles. The highest BCUT2D eigenvalue weighted by atomic mass is 19.1. The Kier molecular flexibility index (Phi) is 3.14. The van der Waals surface area contributed by atoms with Crippen LogP contribution in [0.15, 0.2) is 12.1 Å². The Labute approximate surface area is 80.6 Å². The van der Waals surface area contributed by atoms with Crippen molar-refractivity contribution >= 4 is 5.97 Å². The molecule has 1 aromatic rings. The summed E-state index contributed by atoms with van der Waals surface area (Å²) >= 11 is 0. The van der Waals surface area contributed by atoms with Gasteiger partial charge < -0.3 is 10.8 Å². The summed E-state index contributed by atoms with van der Waals surface area (Å²) in [6.45, 7) is 1.62. The number of aryl methyl sites for hydroxylation is 1. The zero-order chi connectivity index (χ0) is 10.7. The number of carboxylic acids is 1. The molecule has 0 fully saturated rings. The van der Waals surface area contributed by atoms with E-state index in [9.17, 15) is 9.18 Å². The van der Waals surface area contributed by atoms with Crippen molar-refractivity contribution in [1.29, 1.82) is 0 Å². The van der Waals surface area contributed by atoms with E-state index in [2.05, 4.69) is 4.98 Å². The number of carboxylic acid groups (broad SMARTS) is 1. The molecule has 1 unspecified atom stereocenters. The molecule has 0 aliphatic carbocycles. The molecule has 0 radical (unpaired) electrons.